The summed E-state index contributed by atoms with van der Waals surface area (Å²) in [7, 11) is 0. The number of hydrogen-bond donors (Lipinski definition) is 3. The summed E-state index contributed by atoms with van der Waals surface area (Å²) in [4.78, 5) is 7.67. The van der Waals surface area contributed by atoms with Crippen molar-refractivity contribution < 1.29 is 5.11 Å². The molecule has 3 N–H and O–H groups in total. The Morgan fingerprint density at radius 1 is 1.23 bits per heavy atom. The fraction of sp³-hybridized carbons (Fsp3) is 0.0588. The van der Waals surface area contributed by atoms with Crippen LogP contribution in [0.2, 0.25) is 0 Å². The van der Waals surface area contributed by atoms with Gasteiger partial charge in [-0.25, -0.2) is 5.43 Å². The molecular weight excluding hydrogens is 464 g/mol. The van der Waals surface area contributed by atoms with Crippen LogP contribution in [0.5, 0.6) is 5.75 Å². The van der Waals surface area contributed by atoms with Crippen LogP contribution in [-0.2, 0) is 0 Å². The molecule has 0 amide bonds. The molecule has 4 rings (SSSR count). The number of para-hydroxylation sites is 1. The standard InChI is InChI=1S/C17H12Br2N6O/c1-8-3-2-4-11-13(8)21-16-14(11)23-25-17(22-16)24-20-7-9-5-10(18)6-12(19)15(9)26/h2-7,26H,1H3,(H2,21,22,24,25)/b20-7-. The van der Waals surface area contributed by atoms with Gasteiger partial charge in [-0.15, -0.1) is 10.2 Å². The molecule has 0 aliphatic heterocycles. The predicted octanol–water partition coefficient (Wildman–Crippen LogP) is 4.49. The number of fused-ring (bicyclic) bond motifs is 3. The molecular formula is C17H12Br2N6O. The van der Waals surface area contributed by atoms with Crippen LogP contribution in [0.4, 0.5) is 5.95 Å². The molecule has 2 aromatic heterocycles. The third-order valence-electron chi connectivity index (χ3n) is 3.88. The zero-order chi connectivity index (χ0) is 18.3. The number of hydrazone groups is 1. The van der Waals surface area contributed by atoms with Crippen LogP contribution in [-0.4, -0.2) is 31.5 Å². The van der Waals surface area contributed by atoms with Gasteiger partial charge >= 0.3 is 0 Å². The summed E-state index contributed by atoms with van der Waals surface area (Å²) in [6, 6.07) is 9.48. The number of halogens is 2. The first kappa shape index (κ1) is 16.9. The van der Waals surface area contributed by atoms with Crippen LogP contribution in [0.25, 0.3) is 22.1 Å². The molecule has 130 valence electrons. The monoisotopic (exact) mass is 474 g/mol. The Hall–Kier alpha value is -2.52. The maximum absolute atomic E-state index is 10.0. The Morgan fingerprint density at radius 3 is 2.92 bits per heavy atom. The van der Waals surface area contributed by atoms with Crippen molar-refractivity contribution in [1.29, 1.82) is 0 Å². The number of nitrogens with one attached hydrogen (secondary N) is 2. The van der Waals surface area contributed by atoms with Crippen LogP contribution >= 0.6 is 31.9 Å². The number of anilines is 1. The van der Waals surface area contributed by atoms with E-state index in [0.29, 0.717) is 21.2 Å². The van der Waals surface area contributed by atoms with Gasteiger partial charge in [0.2, 0.25) is 0 Å². The number of H-pyrrole nitrogens is 1. The molecule has 0 aliphatic carbocycles. The van der Waals surface area contributed by atoms with Crippen molar-refractivity contribution >= 4 is 66.1 Å². The van der Waals surface area contributed by atoms with Gasteiger partial charge in [-0.2, -0.15) is 10.1 Å². The van der Waals surface area contributed by atoms with Crippen molar-refractivity contribution in [3.05, 3.63) is 50.4 Å². The number of phenols is 1. The number of phenolic OH excluding ortho intramolecular Hbond substituents is 1. The smallest absolute Gasteiger partial charge is 0.265 e. The van der Waals surface area contributed by atoms with E-state index in [2.05, 4.69) is 62.6 Å². The maximum Gasteiger partial charge on any atom is 0.265 e. The molecule has 2 heterocycles. The van der Waals surface area contributed by atoms with Crippen molar-refractivity contribution in [3.63, 3.8) is 0 Å². The van der Waals surface area contributed by atoms with Crippen LogP contribution in [0.15, 0.2) is 44.4 Å². The van der Waals surface area contributed by atoms with E-state index < -0.39 is 0 Å². The fourth-order valence-corrected chi connectivity index (χ4v) is 3.89. The minimum Gasteiger partial charge on any atom is -0.506 e. The van der Waals surface area contributed by atoms with E-state index in [1.54, 1.807) is 12.1 Å². The largest absolute Gasteiger partial charge is 0.506 e. The second-order valence-electron chi connectivity index (χ2n) is 5.65. The first-order valence-corrected chi connectivity index (χ1v) is 9.20. The molecule has 9 heteroatoms. The topological polar surface area (TPSA) is 99.1 Å². The summed E-state index contributed by atoms with van der Waals surface area (Å²) in [6.45, 7) is 2.02. The minimum absolute atomic E-state index is 0.0966. The van der Waals surface area contributed by atoms with Crippen molar-refractivity contribution in [1.82, 2.24) is 20.2 Å². The molecule has 2 aromatic carbocycles. The third-order valence-corrected chi connectivity index (χ3v) is 4.95. The highest BCUT2D eigenvalue weighted by molar-refractivity contribution is 9.11. The summed E-state index contributed by atoms with van der Waals surface area (Å²) < 4.78 is 1.39. The highest BCUT2D eigenvalue weighted by atomic mass is 79.9. The molecule has 0 bridgehead atoms. The highest BCUT2D eigenvalue weighted by Gasteiger charge is 2.10. The lowest BCUT2D eigenvalue weighted by Gasteiger charge is -2.03. The molecule has 0 fully saturated rings. The zero-order valence-electron chi connectivity index (χ0n) is 13.5. The number of aryl methyl sites for hydroxylation is 1. The number of benzene rings is 2. The van der Waals surface area contributed by atoms with Crippen molar-refractivity contribution in [2.75, 3.05) is 5.43 Å². The summed E-state index contributed by atoms with van der Waals surface area (Å²) in [5.74, 6) is 0.353. The van der Waals surface area contributed by atoms with Gasteiger partial charge in [-0.05, 0) is 40.5 Å². The molecule has 0 aliphatic rings. The molecule has 0 atom stereocenters. The van der Waals surface area contributed by atoms with E-state index in [-0.39, 0.29) is 11.7 Å². The Morgan fingerprint density at radius 2 is 2.08 bits per heavy atom. The predicted molar refractivity (Wildman–Crippen MR) is 109 cm³/mol. The number of hydrogen-bond acceptors (Lipinski definition) is 6. The summed E-state index contributed by atoms with van der Waals surface area (Å²) in [6.07, 6.45) is 1.48. The van der Waals surface area contributed by atoms with Gasteiger partial charge in [-0.1, -0.05) is 34.1 Å². The van der Waals surface area contributed by atoms with Gasteiger partial charge in [0.05, 0.1) is 16.2 Å². The fourth-order valence-electron chi connectivity index (χ4n) is 2.64. The van der Waals surface area contributed by atoms with Crippen molar-refractivity contribution in [3.8, 4) is 5.75 Å². The quantitative estimate of drug-likeness (QED) is 0.299. The van der Waals surface area contributed by atoms with Gasteiger partial charge in [0.25, 0.3) is 5.95 Å². The van der Waals surface area contributed by atoms with Gasteiger partial charge < -0.3 is 10.1 Å². The third kappa shape index (κ3) is 3.04. The zero-order valence-corrected chi connectivity index (χ0v) is 16.6. The molecule has 0 saturated heterocycles. The number of aromatic hydroxyl groups is 1. The lowest BCUT2D eigenvalue weighted by Crippen LogP contribution is -1.99. The number of aromatic nitrogens is 4. The van der Waals surface area contributed by atoms with E-state index in [0.717, 1.165) is 20.9 Å². The molecule has 26 heavy (non-hydrogen) atoms. The van der Waals surface area contributed by atoms with E-state index in [4.69, 9.17) is 0 Å². The van der Waals surface area contributed by atoms with E-state index in [1.807, 2.05) is 25.1 Å². The van der Waals surface area contributed by atoms with E-state index >= 15 is 0 Å². The lowest BCUT2D eigenvalue weighted by molar-refractivity contribution is 0.471. The molecule has 0 saturated carbocycles. The van der Waals surface area contributed by atoms with Crippen molar-refractivity contribution in [2.45, 2.75) is 6.92 Å². The Kier molecular flexibility index (Phi) is 4.33. The molecule has 0 spiro atoms. The van der Waals surface area contributed by atoms with Gasteiger partial charge in [-0.3, -0.25) is 0 Å². The van der Waals surface area contributed by atoms with Crippen LogP contribution in [0.1, 0.15) is 11.1 Å². The first-order valence-electron chi connectivity index (χ1n) is 7.62. The van der Waals surface area contributed by atoms with Gasteiger partial charge in [0.1, 0.15) is 11.3 Å². The molecule has 0 radical (unpaired) electrons. The maximum atomic E-state index is 10.0. The minimum atomic E-state index is 0.0966. The summed E-state index contributed by atoms with van der Waals surface area (Å²) >= 11 is 6.65. The average Bonchev–Trinajstić information content (AvgIpc) is 2.98. The van der Waals surface area contributed by atoms with Crippen LogP contribution in [0.3, 0.4) is 0 Å². The SMILES string of the molecule is Cc1cccc2c1[nH]c1nc(N/N=C\c3cc(Br)cc(Br)c3O)nnc12. The van der Waals surface area contributed by atoms with Crippen LogP contribution < -0.4 is 5.43 Å². The lowest BCUT2D eigenvalue weighted by atomic mass is 10.1. The van der Waals surface area contributed by atoms with Crippen LogP contribution in [0, 0.1) is 6.92 Å². The summed E-state index contributed by atoms with van der Waals surface area (Å²) in [5.41, 5.74) is 6.73. The normalized spacial score (nSPS) is 11.7. The average molecular weight is 476 g/mol. The number of rotatable bonds is 3. The van der Waals surface area contributed by atoms with Crippen molar-refractivity contribution in [2.24, 2.45) is 5.10 Å². The number of nitrogens with zero attached hydrogens (tertiary/aromatic N) is 4. The second kappa shape index (κ2) is 6.65. The Bertz CT molecular complexity index is 1170. The molecule has 0 unspecified atom stereocenters. The van der Waals surface area contributed by atoms with E-state index in [1.165, 1.54) is 6.21 Å². The Balaban J connectivity index is 1.64. The first-order chi connectivity index (χ1) is 12.5. The Labute approximate surface area is 164 Å². The molecule has 4 aromatic rings. The highest BCUT2D eigenvalue weighted by Crippen LogP contribution is 2.30. The summed E-state index contributed by atoms with van der Waals surface area (Å²) in [5, 5.41) is 23.4. The van der Waals surface area contributed by atoms with E-state index in [9.17, 15) is 5.11 Å². The molecule has 7 nitrogen and oxygen atoms in total. The second-order valence-corrected chi connectivity index (χ2v) is 7.42. The van der Waals surface area contributed by atoms with Gasteiger partial charge in [0.15, 0.2) is 5.65 Å². The van der Waals surface area contributed by atoms with Gasteiger partial charge in [0, 0.05) is 15.4 Å². The number of aromatic amines is 1.